The number of nitrogens with zero attached hydrogens (tertiary/aromatic N) is 4. The van der Waals surface area contributed by atoms with E-state index in [1.54, 1.807) is 31.1 Å². The Bertz CT molecular complexity index is 747. The molecule has 1 saturated heterocycles. The highest BCUT2D eigenvalue weighted by molar-refractivity contribution is 5.80. The number of hydrogen-bond donors (Lipinski definition) is 1. The summed E-state index contributed by atoms with van der Waals surface area (Å²) >= 11 is 0. The zero-order valence-electron chi connectivity index (χ0n) is 14.2. The summed E-state index contributed by atoms with van der Waals surface area (Å²) in [5.74, 6) is -0.0876. The van der Waals surface area contributed by atoms with Crippen molar-refractivity contribution in [2.24, 2.45) is 0 Å². The number of pyridine rings is 1. The minimum absolute atomic E-state index is 0.0706. The molecule has 0 aromatic carbocycles. The molecule has 3 heterocycles. The van der Waals surface area contributed by atoms with Crippen molar-refractivity contribution in [2.75, 3.05) is 19.6 Å². The molecule has 0 saturated carbocycles. The first-order valence-corrected chi connectivity index (χ1v) is 8.22. The van der Waals surface area contributed by atoms with Crippen LogP contribution in [0.25, 0.3) is 0 Å². The average molecular weight is 349 g/mol. The summed E-state index contributed by atoms with van der Waals surface area (Å²) in [4.78, 5) is 18.8. The van der Waals surface area contributed by atoms with Crippen LogP contribution in [0.4, 0.5) is 8.78 Å². The van der Waals surface area contributed by atoms with E-state index in [1.807, 2.05) is 12.1 Å². The maximum atomic E-state index is 13.0. The van der Waals surface area contributed by atoms with Crippen molar-refractivity contribution in [3.05, 3.63) is 47.0 Å². The van der Waals surface area contributed by atoms with Crippen molar-refractivity contribution in [3.8, 4) is 0 Å². The number of rotatable bonds is 4. The fraction of sp³-hybridized carbons (Fsp3) is 0.471. The van der Waals surface area contributed by atoms with Crippen LogP contribution in [-0.2, 0) is 11.2 Å². The van der Waals surface area contributed by atoms with Gasteiger partial charge in [0.1, 0.15) is 0 Å². The summed E-state index contributed by atoms with van der Waals surface area (Å²) in [7, 11) is 0. The molecule has 1 amide bonds. The van der Waals surface area contributed by atoms with Crippen LogP contribution in [0.3, 0.4) is 0 Å². The Morgan fingerprint density at radius 1 is 1.44 bits per heavy atom. The van der Waals surface area contributed by atoms with Gasteiger partial charge in [-0.2, -0.15) is 13.9 Å². The number of alkyl halides is 2. The van der Waals surface area contributed by atoms with Crippen molar-refractivity contribution >= 4 is 5.91 Å². The van der Waals surface area contributed by atoms with E-state index in [0.717, 1.165) is 5.56 Å². The molecule has 1 unspecified atom stereocenters. The SMILES string of the molecule is Cc1nn(C(F)F)c(C)c1CC(=O)N1CCNCC1c1cccnc1. The van der Waals surface area contributed by atoms with Crippen LogP contribution in [0, 0.1) is 13.8 Å². The van der Waals surface area contributed by atoms with Gasteiger partial charge in [0.05, 0.1) is 18.2 Å². The van der Waals surface area contributed by atoms with E-state index in [-0.39, 0.29) is 18.4 Å². The van der Waals surface area contributed by atoms with Gasteiger partial charge in [-0.05, 0) is 25.5 Å². The number of hydrogen-bond acceptors (Lipinski definition) is 4. The molecular formula is C17H21F2N5O. The molecule has 1 fully saturated rings. The Labute approximate surface area is 144 Å². The van der Waals surface area contributed by atoms with Crippen LogP contribution < -0.4 is 5.32 Å². The highest BCUT2D eigenvalue weighted by Gasteiger charge is 2.29. The molecule has 2 aromatic heterocycles. The number of carbonyl (C=O) groups excluding carboxylic acids is 1. The molecule has 6 nitrogen and oxygen atoms in total. The first kappa shape index (κ1) is 17.5. The first-order valence-electron chi connectivity index (χ1n) is 8.22. The topological polar surface area (TPSA) is 63.1 Å². The minimum atomic E-state index is -2.70. The second-order valence-electron chi connectivity index (χ2n) is 6.14. The Morgan fingerprint density at radius 3 is 2.88 bits per heavy atom. The number of piperazine rings is 1. The standard InChI is InChI=1S/C17H21F2N5O/c1-11-14(12(2)24(22-11)17(18)19)8-16(25)23-7-6-21-10-15(23)13-4-3-5-20-9-13/h3-5,9,15,17,21H,6-8,10H2,1-2H3. The number of carbonyl (C=O) groups is 1. The number of amides is 1. The smallest absolute Gasteiger partial charge is 0.333 e. The van der Waals surface area contributed by atoms with Gasteiger partial charge in [0.25, 0.3) is 0 Å². The second-order valence-corrected chi connectivity index (χ2v) is 6.14. The second kappa shape index (κ2) is 7.26. The molecule has 134 valence electrons. The lowest BCUT2D eigenvalue weighted by Crippen LogP contribution is -2.49. The Kier molecular flexibility index (Phi) is 5.08. The maximum Gasteiger partial charge on any atom is 0.333 e. The number of nitrogens with one attached hydrogen (secondary N) is 1. The lowest BCUT2D eigenvalue weighted by Gasteiger charge is -2.36. The Hall–Kier alpha value is -2.35. The van der Waals surface area contributed by atoms with Crippen molar-refractivity contribution in [2.45, 2.75) is 32.9 Å². The Morgan fingerprint density at radius 2 is 2.24 bits per heavy atom. The van der Waals surface area contributed by atoms with E-state index in [9.17, 15) is 13.6 Å². The van der Waals surface area contributed by atoms with Crippen LogP contribution in [0.1, 0.15) is 35.1 Å². The molecule has 0 spiro atoms. The summed E-state index contributed by atoms with van der Waals surface area (Å²) in [6.45, 7) is 2.45. The molecular weight excluding hydrogens is 328 g/mol. The average Bonchev–Trinajstić information content (AvgIpc) is 2.91. The van der Waals surface area contributed by atoms with Crippen molar-refractivity contribution < 1.29 is 13.6 Å². The largest absolute Gasteiger partial charge is 0.333 e. The zero-order chi connectivity index (χ0) is 18.0. The summed E-state index contributed by atoms with van der Waals surface area (Å²) < 4.78 is 26.6. The van der Waals surface area contributed by atoms with Gasteiger partial charge >= 0.3 is 6.55 Å². The first-order chi connectivity index (χ1) is 12.0. The van der Waals surface area contributed by atoms with Crippen LogP contribution in [0.15, 0.2) is 24.5 Å². The molecule has 3 rings (SSSR count). The van der Waals surface area contributed by atoms with Gasteiger partial charge < -0.3 is 10.2 Å². The Balaban J connectivity index is 1.82. The van der Waals surface area contributed by atoms with E-state index in [1.165, 1.54) is 0 Å². The van der Waals surface area contributed by atoms with E-state index in [2.05, 4.69) is 15.4 Å². The third-order valence-electron chi connectivity index (χ3n) is 4.62. The lowest BCUT2D eigenvalue weighted by molar-refractivity contribution is -0.133. The highest BCUT2D eigenvalue weighted by Crippen LogP contribution is 2.25. The molecule has 0 aliphatic carbocycles. The van der Waals surface area contributed by atoms with E-state index >= 15 is 0 Å². The molecule has 1 N–H and O–H groups in total. The summed E-state index contributed by atoms with van der Waals surface area (Å²) in [6.07, 6.45) is 3.52. The van der Waals surface area contributed by atoms with Crippen LogP contribution in [0.2, 0.25) is 0 Å². The zero-order valence-corrected chi connectivity index (χ0v) is 14.2. The normalized spacial score (nSPS) is 18.0. The van der Waals surface area contributed by atoms with Crippen LogP contribution >= 0.6 is 0 Å². The third kappa shape index (κ3) is 3.53. The predicted molar refractivity (Wildman–Crippen MR) is 88.2 cm³/mol. The van der Waals surface area contributed by atoms with Gasteiger partial charge in [-0.3, -0.25) is 9.78 Å². The van der Waals surface area contributed by atoms with Gasteiger partial charge in [-0.1, -0.05) is 6.07 Å². The third-order valence-corrected chi connectivity index (χ3v) is 4.62. The lowest BCUT2D eigenvalue weighted by atomic mass is 10.0. The number of aromatic nitrogens is 3. The molecule has 1 aliphatic rings. The van der Waals surface area contributed by atoms with Crippen molar-refractivity contribution in [1.82, 2.24) is 25.0 Å². The van der Waals surface area contributed by atoms with E-state index in [0.29, 0.717) is 41.3 Å². The van der Waals surface area contributed by atoms with Crippen molar-refractivity contribution in [3.63, 3.8) is 0 Å². The molecule has 0 bridgehead atoms. The quantitative estimate of drug-likeness (QED) is 0.917. The van der Waals surface area contributed by atoms with Gasteiger partial charge in [0, 0.05) is 43.3 Å². The van der Waals surface area contributed by atoms with E-state index < -0.39 is 6.55 Å². The van der Waals surface area contributed by atoms with Gasteiger partial charge in [-0.25, -0.2) is 4.68 Å². The van der Waals surface area contributed by atoms with Gasteiger partial charge in [0.15, 0.2) is 0 Å². The van der Waals surface area contributed by atoms with Gasteiger partial charge in [-0.15, -0.1) is 0 Å². The molecule has 25 heavy (non-hydrogen) atoms. The summed E-state index contributed by atoms with van der Waals surface area (Å²) in [6, 6.07) is 3.67. The van der Waals surface area contributed by atoms with Crippen LogP contribution in [0.5, 0.6) is 0 Å². The van der Waals surface area contributed by atoms with E-state index in [4.69, 9.17) is 0 Å². The fourth-order valence-electron chi connectivity index (χ4n) is 3.27. The number of aryl methyl sites for hydroxylation is 1. The number of halogens is 2. The molecule has 0 radical (unpaired) electrons. The highest BCUT2D eigenvalue weighted by atomic mass is 19.3. The molecule has 1 atom stereocenters. The molecule has 1 aliphatic heterocycles. The minimum Gasteiger partial charge on any atom is -0.333 e. The predicted octanol–water partition coefficient (Wildman–Crippen LogP) is 2.01. The summed E-state index contributed by atoms with van der Waals surface area (Å²) in [5.41, 5.74) is 2.35. The summed E-state index contributed by atoms with van der Waals surface area (Å²) in [5, 5.41) is 7.15. The van der Waals surface area contributed by atoms with Gasteiger partial charge in [0.2, 0.25) is 5.91 Å². The molecule has 8 heteroatoms. The fourth-order valence-corrected chi connectivity index (χ4v) is 3.27. The molecule has 2 aromatic rings. The van der Waals surface area contributed by atoms with Crippen LogP contribution in [-0.4, -0.2) is 45.2 Å². The van der Waals surface area contributed by atoms with Crippen molar-refractivity contribution in [1.29, 1.82) is 0 Å². The maximum absolute atomic E-state index is 13.0. The monoisotopic (exact) mass is 349 g/mol.